The lowest BCUT2D eigenvalue weighted by atomic mass is 10.2. The predicted molar refractivity (Wildman–Crippen MR) is 111 cm³/mol. The zero-order valence-electron chi connectivity index (χ0n) is 15.9. The lowest BCUT2D eigenvalue weighted by Crippen LogP contribution is -2.21. The van der Waals surface area contributed by atoms with Crippen LogP contribution in [-0.2, 0) is 11.2 Å². The quantitative estimate of drug-likeness (QED) is 0.650. The van der Waals surface area contributed by atoms with Gasteiger partial charge in [-0.3, -0.25) is 4.79 Å². The summed E-state index contributed by atoms with van der Waals surface area (Å²) in [5.74, 6) is 0.0121. The predicted octanol–water partition coefficient (Wildman–Crippen LogP) is 4.29. The van der Waals surface area contributed by atoms with Crippen molar-refractivity contribution >= 4 is 17.3 Å². The Balaban J connectivity index is 1.52. The number of amides is 1. The summed E-state index contributed by atoms with van der Waals surface area (Å²) in [5, 5.41) is 7.34. The second kappa shape index (κ2) is 9.03. The molecule has 0 radical (unpaired) electrons. The number of carbonyl (C=O) groups is 1. The van der Waals surface area contributed by atoms with Gasteiger partial charge in [-0.1, -0.05) is 18.2 Å². The minimum Gasteiger partial charge on any atom is -0.372 e. The van der Waals surface area contributed by atoms with Crippen molar-refractivity contribution in [2.24, 2.45) is 0 Å². The lowest BCUT2D eigenvalue weighted by Gasteiger charge is -2.21. The Kier molecular flexibility index (Phi) is 6.26. The van der Waals surface area contributed by atoms with Crippen LogP contribution in [0.5, 0.6) is 0 Å². The smallest absolute Gasteiger partial charge is 0.224 e. The van der Waals surface area contributed by atoms with Gasteiger partial charge in [0.1, 0.15) is 0 Å². The van der Waals surface area contributed by atoms with E-state index in [-0.39, 0.29) is 5.91 Å². The molecule has 1 N–H and O–H groups in total. The van der Waals surface area contributed by atoms with Crippen LogP contribution in [0.25, 0.3) is 5.69 Å². The van der Waals surface area contributed by atoms with Gasteiger partial charge in [0.25, 0.3) is 0 Å². The maximum Gasteiger partial charge on any atom is 0.224 e. The van der Waals surface area contributed by atoms with Crippen molar-refractivity contribution in [2.45, 2.75) is 26.7 Å². The number of para-hydroxylation sites is 1. The molecular weight excluding hydrogens is 336 g/mol. The Morgan fingerprint density at radius 2 is 1.74 bits per heavy atom. The molecular formula is C22H26N4O. The molecule has 0 aliphatic rings. The largest absolute Gasteiger partial charge is 0.372 e. The molecule has 0 saturated heterocycles. The molecule has 2 aromatic carbocycles. The van der Waals surface area contributed by atoms with Gasteiger partial charge in [-0.15, -0.1) is 0 Å². The van der Waals surface area contributed by atoms with Crippen LogP contribution in [0.3, 0.4) is 0 Å². The molecule has 140 valence electrons. The minimum atomic E-state index is 0.0121. The fourth-order valence-electron chi connectivity index (χ4n) is 3.04. The molecule has 0 spiro atoms. The highest BCUT2D eigenvalue weighted by Gasteiger charge is 2.07. The first kappa shape index (κ1) is 18.7. The van der Waals surface area contributed by atoms with Gasteiger partial charge < -0.3 is 10.2 Å². The zero-order chi connectivity index (χ0) is 19.1. The van der Waals surface area contributed by atoms with E-state index in [2.05, 4.69) is 29.2 Å². The molecule has 0 saturated carbocycles. The summed E-state index contributed by atoms with van der Waals surface area (Å²) in [6.07, 6.45) is 4.88. The molecule has 5 heteroatoms. The number of aromatic nitrogens is 2. The number of hydrogen-bond donors (Lipinski definition) is 1. The Morgan fingerprint density at radius 3 is 2.41 bits per heavy atom. The monoisotopic (exact) mass is 362 g/mol. The molecule has 0 aliphatic heterocycles. The van der Waals surface area contributed by atoms with Gasteiger partial charge in [-0.2, -0.15) is 5.10 Å². The third kappa shape index (κ3) is 4.97. The number of aryl methyl sites for hydroxylation is 1. The van der Waals surface area contributed by atoms with Crippen molar-refractivity contribution in [2.75, 3.05) is 23.3 Å². The molecule has 0 fully saturated rings. The molecule has 0 atom stereocenters. The van der Waals surface area contributed by atoms with Gasteiger partial charge in [0, 0.05) is 37.1 Å². The second-order valence-corrected chi connectivity index (χ2v) is 6.40. The van der Waals surface area contributed by atoms with Crippen molar-refractivity contribution < 1.29 is 4.79 Å². The molecule has 1 aromatic heterocycles. The van der Waals surface area contributed by atoms with E-state index in [0.717, 1.165) is 30.0 Å². The molecule has 3 aromatic rings. The molecule has 0 unspecified atom stereocenters. The normalized spacial score (nSPS) is 10.6. The summed E-state index contributed by atoms with van der Waals surface area (Å²) in [7, 11) is 0. The van der Waals surface area contributed by atoms with Crippen molar-refractivity contribution in [3.8, 4) is 5.69 Å². The Hall–Kier alpha value is -3.08. The molecule has 27 heavy (non-hydrogen) atoms. The van der Waals surface area contributed by atoms with Crippen LogP contribution in [-0.4, -0.2) is 28.8 Å². The van der Waals surface area contributed by atoms with E-state index in [9.17, 15) is 4.79 Å². The summed E-state index contributed by atoms with van der Waals surface area (Å²) in [6.45, 7) is 6.22. The van der Waals surface area contributed by atoms with E-state index in [1.54, 1.807) is 0 Å². The summed E-state index contributed by atoms with van der Waals surface area (Å²) >= 11 is 0. The number of nitrogens with one attached hydrogen (secondary N) is 1. The van der Waals surface area contributed by atoms with Crippen molar-refractivity contribution in [1.29, 1.82) is 0 Å². The Labute approximate surface area is 160 Å². The van der Waals surface area contributed by atoms with E-state index in [1.165, 1.54) is 5.69 Å². The number of rotatable bonds is 8. The fourth-order valence-corrected chi connectivity index (χ4v) is 3.04. The van der Waals surface area contributed by atoms with Crippen LogP contribution in [0.2, 0.25) is 0 Å². The van der Waals surface area contributed by atoms with E-state index >= 15 is 0 Å². The average molecular weight is 362 g/mol. The Bertz CT molecular complexity index is 852. The second-order valence-electron chi connectivity index (χ2n) is 6.40. The van der Waals surface area contributed by atoms with Crippen LogP contribution < -0.4 is 10.2 Å². The highest BCUT2D eigenvalue weighted by atomic mass is 16.1. The molecule has 5 nitrogen and oxygen atoms in total. The average Bonchev–Trinajstić information content (AvgIpc) is 3.18. The third-order valence-corrected chi connectivity index (χ3v) is 4.58. The molecule has 0 bridgehead atoms. The number of benzene rings is 2. The lowest BCUT2D eigenvalue weighted by molar-refractivity contribution is -0.116. The first-order chi connectivity index (χ1) is 13.2. The van der Waals surface area contributed by atoms with E-state index in [0.29, 0.717) is 12.8 Å². The maximum atomic E-state index is 12.2. The van der Waals surface area contributed by atoms with Crippen LogP contribution in [0.15, 0.2) is 67.0 Å². The first-order valence-corrected chi connectivity index (χ1v) is 9.43. The minimum absolute atomic E-state index is 0.0121. The SMILES string of the molecule is CCN(CC)c1ccc(NC(=O)CCc2cnn(-c3ccccc3)c2)cc1. The molecule has 1 heterocycles. The number of carbonyl (C=O) groups excluding carboxylic acids is 1. The number of anilines is 2. The van der Waals surface area contributed by atoms with Gasteiger partial charge in [-0.05, 0) is 62.2 Å². The maximum absolute atomic E-state index is 12.2. The van der Waals surface area contributed by atoms with Crippen molar-refractivity contribution in [1.82, 2.24) is 9.78 Å². The van der Waals surface area contributed by atoms with Crippen molar-refractivity contribution in [3.63, 3.8) is 0 Å². The highest BCUT2D eigenvalue weighted by molar-refractivity contribution is 5.91. The summed E-state index contributed by atoms with van der Waals surface area (Å²) in [5.41, 5.74) is 4.06. The van der Waals surface area contributed by atoms with Crippen molar-refractivity contribution in [3.05, 3.63) is 72.6 Å². The van der Waals surface area contributed by atoms with E-state index < -0.39 is 0 Å². The number of nitrogens with zero attached hydrogens (tertiary/aromatic N) is 3. The summed E-state index contributed by atoms with van der Waals surface area (Å²) in [6, 6.07) is 18.0. The molecule has 0 aliphatic carbocycles. The van der Waals surface area contributed by atoms with Gasteiger partial charge >= 0.3 is 0 Å². The molecule has 3 rings (SSSR count). The Morgan fingerprint density at radius 1 is 1.04 bits per heavy atom. The van der Waals surface area contributed by atoms with Gasteiger partial charge in [0.05, 0.1) is 11.9 Å². The van der Waals surface area contributed by atoms with E-state index in [1.807, 2.05) is 71.7 Å². The standard InChI is InChI=1S/C22H26N4O/c1-3-25(4-2)20-13-11-19(12-14-20)24-22(27)15-10-18-16-23-26(17-18)21-8-6-5-7-9-21/h5-9,11-14,16-17H,3-4,10,15H2,1-2H3,(H,24,27). The number of hydrogen-bond acceptors (Lipinski definition) is 3. The van der Waals surface area contributed by atoms with Gasteiger partial charge in [0.15, 0.2) is 0 Å². The first-order valence-electron chi connectivity index (χ1n) is 9.43. The summed E-state index contributed by atoms with van der Waals surface area (Å²) < 4.78 is 1.83. The molecule has 1 amide bonds. The highest BCUT2D eigenvalue weighted by Crippen LogP contribution is 2.18. The fraction of sp³-hybridized carbons (Fsp3) is 0.273. The summed E-state index contributed by atoms with van der Waals surface area (Å²) in [4.78, 5) is 14.5. The van der Waals surface area contributed by atoms with Crippen LogP contribution in [0.4, 0.5) is 11.4 Å². The third-order valence-electron chi connectivity index (χ3n) is 4.58. The van der Waals surface area contributed by atoms with Gasteiger partial charge in [-0.25, -0.2) is 4.68 Å². The van der Waals surface area contributed by atoms with Gasteiger partial charge in [0.2, 0.25) is 5.91 Å². The zero-order valence-corrected chi connectivity index (χ0v) is 15.9. The van der Waals surface area contributed by atoms with E-state index in [4.69, 9.17) is 0 Å². The van der Waals surface area contributed by atoms with Crippen LogP contribution in [0, 0.1) is 0 Å². The topological polar surface area (TPSA) is 50.2 Å². The van der Waals surface area contributed by atoms with Crippen LogP contribution in [0.1, 0.15) is 25.8 Å². The van der Waals surface area contributed by atoms with Crippen LogP contribution >= 0.6 is 0 Å².